The van der Waals surface area contributed by atoms with Crippen LogP contribution in [-0.2, 0) is 4.74 Å². The summed E-state index contributed by atoms with van der Waals surface area (Å²) in [5.74, 6) is 0.232. The van der Waals surface area contributed by atoms with E-state index in [2.05, 4.69) is 10.3 Å². The average Bonchev–Trinajstić information content (AvgIpc) is 3.20. The van der Waals surface area contributed by atoms with Crippen molar-refractivity contribution in [1.82, 2.24) is 4.98 Å². The number of carbonyl (C=O) groups excluding carboxylic acids is 1. The first kappa shape index (κ1) is 18.3. The number of para-hydroxylation sites is 1. The summed E-state index contributed by atoms with van der Waals surface area (Å²) in [5, 5.41) is 3.39. The average molecular weight is 378 g/mol. The smallest absolute Gasteiger partial charge is 0.259 e. The van der Waals surface area contributed by atoms with Crippen LogP contribution in [0.15, 0.2) is 53.3 Å². The normalized spacial score (nSPS) is 16.2. The molecule has 2 heterocycles. The number of fused-ring (bicyclic) bond motifs is 1. The van der Waals surface area contributed by atoms with Gasteiger partial charge in [0.25, 0.3) is 5.91 Å². The number of hydrogen-bond acceptors (Lipinski definition) is 4. The summed E-state index contributed by atoms with van der Waals surface area (Å²) in [6, 6.07) is 13.9. The van der Waals surface area contributed by atoms with Crippen LogP contribution < -0.4 is 15.5 Å². The van der Waals surface area contributed by atoms with Crippen molar-refractivity contribution in [2.45, 2.75) is 25.9 Å². The lowest BCUT2D eigenvalue weighted by Gasteiger charge is -2.14. The number of carbonyl (C=O) groups is 1. The molecule has 28 heavy (non-hydrogen) atoms. The molecule has 0 aliphatic carbocycles. The number of hydrogen-bond donors (Lipinski definition) is 2. The van der Waals surface area contributed by atoms with Gasteiger partial charge in [0, 0.05) is 35.0 Å². The molecule has 144 valence electrons. The van der Waals surface area contributed by atoms with E-state index in [9.17, 15) is 9.59 Å². The Labute approximate surface area is 162 Å². The predicted molar refractivity (Wildman–Crippen MR) is 108 cm³/mol. The predicted octanol–water partition coefficient (Wildman–Crippen LogP) is 3.65. The highest BCUT2D eigenvalue weighted by Gasteiger charge is 2.18. The summed E-state index contributed by atoms with van der Waals surface area (Å²) >= 11 is 0. The number of rotatable bonds is 5. The van der Waals surface area contributed by atoms with E-state index in [4.69, 9.17) is 9.47 Å². The van der Waals surface area contributed by atoms with Gasteiger partial charge in [0.15, 0.2) is 5.43 Å². The molecule has 1 saturated heterocycles. The highest BCUT2D eigenvalue weighted by molar-refractivity contribution is 6.06. The Morgan fingerprint density at radius 1 is 1.25 bits per heavy atom. The monoisotopic (exact) mass is 378 g/mol. The van der Waals surface area contributed by atoms with Crippen LogP contribution in [0.1, 0.15) is 28.9 Å². The number of pyridine rings is 1. The first-order valence-corrected chi connectivity index (χ1v) is 9.38. The van der Waals surface area contributed by atoms with Crippen molar-refractivity contribution in [1.29, 1.82) is 0 Å². The fourth-order valence-electron chi connectivity index (χ4n) is 3.39. The molecule has 6 heteroatoms. The Hall–Kier alpha value is -3.12. The van der Waals surface area contributed by atoms with Crippen molar-refractivity contribution in [3.63, 3.8) is 0 Å². The maximum absolute atomic E-state index is 12.8. The number of H-pyrrole nitrogens is 1. The zero-order valence-corrected chi connectivity index (χ0v) is 15.7. The molecule has 1 fully saturated rings. The molecule has 2 aromatic carbocycles. The Morgan fingerprint density at radius 3 is 2.93 bits per heavy atom. The van der Waals surface area contributed by atoms with E-state index in [1.165, 1.54) is 0 Å². The maximum atomic E-state index is 12.8. The molecular formula is C22H22N2O4. The Balaban J connectivity index is 1.53. The lowest BCUT2D eigenvalue weighted by Crippen LogP contribution is -2.19. The van der Waals surface area contributed by atoms with Crippen LogP contribution in [0, 0.1) is 6.92 Å². The van der Waals surface area contributed by atoms with E-state index < -0.39 is 0 Å². The molecule has 2 N–H and O–H groups in total. The first-order valence-electron chi connectivity index (χ1n) is 9.38. The minimum atomic E-state index is -0.286. The lowest BCUT2D eigenvalue weighted by molar-refractivity contribution is 0.0673. The molecule has 1 aromatic heterocycles. The Morgan fingerprint density at radius 2 is 2.11 bits per heavy atom. The van der Waals surface area contributed by atoms with Crippen LogP contribution in [0.4, 0.5) is 5.69 Å². The minimum absolute atomic E-state index is 0.0757. The van der Waals surface area contributed by atoms with Crippen molar-refractivity contribution in [3.8, 4) is 5.75 Å². The van der Waals surface area contributed by atoms with Crippen molar-refractivity contribution in [2.24, 2.45) is 0 Å². The highest BCUT2D eigenvalue weighted by Crippen LogP contribution is 2.22. The van der Waals surface area contributed by atoms with Crippen LogP contribution in [0.25, 0.3) is 10.9 Å². The molecule has 1 atom stereocenters. The summed E-state index contributed by atoms with van der Waals surface area (Å²) < 4.78 is 11.4. The van der Waals surface area contributed by atoms with Gasteiger partial charge in [0.1, 0.15) is 12.4 Å². The second-order valence-electron chi connectivity index (χ2n) is 6.97. The van der Waals surface area contributed by atoms with Gasteiger partial charge in [-0.15, -0.1) is 0 Å². The van der Waals surface area contributed by atoms with Gasteiger partial charge in [0.05, 0.1) is 11.7 Å². The number of ether oxygens (including phenoxy) is 2. The minimum Gasteiger partial charge on any atom is -0.490 e. The second-order valence-corrected chi connectivity index (χ2v) is 6.97. The van der Waals surface area contributed by atoms with Gasteiger partial charge in [-0.05, 0) is 50.1 Å². The molecule has 4 rings (SSSR count). The van der Waals surface area contributed by atoms with E-state index in [-0.39, 0.29) is 17.4 Å². The summed E-state index contributed by atoms with van der Waals surface area (Å²) in [6.45, 7) is 3.02. The molecule has 1 unspecified atom stereocenters. The summed E-state index contributed by atoms with van der Waals surface area (Å²) in [5.41, 5.74) is 2.46. The number of aryl methyl sites for hydroxylation is 1. The van der Waals surface area contributed by atoms with Crippen molar-refractivity contribution >= 4 is 22.5 Å². The topological polar surface area (TPSA) is 80.4 Å². The van der Waals surface area contributed by atoms with E-state index >= 15 is 0 Å². The van der Waals surface area contributed by atoms with E-state index in [1.807, 2.05) is 13.0 Å². The zero-order valence-electron chi connectivity index (χ0n) is 15.7. The zero-order chi connectivity index (χ0) is 19.5. The van der Waals surface area contributed by atoms with Gasteiger partial charge in [-0.3, -0.25) is 9.59 Å². The molecule has 0 spiro atoms. The van der Waals surface area contributed by atoms with Crippen molar-refractivity contribution in [3.05, 3.63) is 70.0 Å². The second kappa shape index (κ2) is 7.86. The molecule has 0 radical (unpaired) electrons. The SMILES string of the molecule is Cc1cc(=O)c2cc(NC(=O)c3ccccc3OCC3CCCO3)ccc2[nH]1. The molecular weight excluding hydrogens is 356 g/mol. The number of nitrogens with one attached hydrogen (secondary N) is 2. The number of anilines is 1. The summed E-state index contributed by atoms with van der Waals surface area (Å²) in [6.07, 6.45) is 2.09. The third-order valence-corrected chi connectivity index (χ3v) is 4.80. The van der Waals surface area contributed by atoms with Crippen LogP contribution in [0.2, 0.25) is 0 Å². The van der Waals surface area contributed by atoms with Crippen LogP contribution in [0.5, 0.6) is 5.75 Å². The van der Waals surface area contributed by atoms with Gasteiger partial charge in [-0.2, -0.15) is 0 Å². The van der Waals surface area contributed by atoms with Gasteiger partial charge in [-0.25, -0.2) is 0 Å². The highest BCUT2D eigenvalue weighted by atomic mass is 16.5. The van der Waals surface area contributed by atoms with Crippen LogP contribution in [-0.4, -0.2) is 30.2 Å². The van der Waals surface area contributed by atoms with Crippen molar-refractivity contribution < 1.29 is 14.3 Å². The number of amides is 1. The lowest BCUT2D eigenvalue weighted by atomic mass is 10.1. The number of aromatic nitrogens is 1. The van der Waals surface area contributed by atoms with E-state index in [1.54, 1.807) is 42.5 Å². The molecule has 1 aliphatic heterocycles. The quantitative estimate of drug-likeness (QED) is 0.710. The van der Waals surface area contributed by atoms with Gasteiger partial charge >= 0.3 is 0 Å². The fraction of sp³-hybridized carbons (Fsp3) is 0.273. The Bertz CT molecular complexity index is 1070. The van der Waals surface area contributed by atoms with Crippen LogP contribution in [0.3, 0.4) is 0 Å². The largest absolute Gasteiger partial charge is 0.490 e. The molecule has 0 bridgehead atoms. The molecule has 1 amide bonds. The van der Waals surface area contributed by atoms with Gasteiger partial charge < -0.3 is 19.8 Å². The summed E-state index contributed by atoms with van der Waals surface area (Å²) in [4.78, 5) is 28.2. The molecule has 0 saturated carbocycles. The van der Waals surface area contributed by atoms with E-state index in [0.717, 1.165) is 30.7 Å². The fourth-order valence-corrected chi connectivity index (χ4v) is 3.39. The third-order valence-electron chi connectivity index (χ3n) is 4.80. The molecule has 6 nitrogen and oxygen atoms in total. The maximum Gasteiger partial charge on any atom is 0.259 e. The number of benzene rings is 2. The first-order chi connectivity index (χ1) is 13.6. The van der Waals surface area contributed by atoms with Crippen LogP contribution >= 0.6 is 0 Å². The third kappa shape index (κ3) is 3.92. The standard InChI is InChI=1S/C22H22N2O4/c1-14-11-20(25)18-12-15(8-9-19(18)23-14)24-22(26)17-6-2-3-7-21(17)28-13-16-5-4-10-27-16/h2-3,6-9,11-12,16H,4-5,10,13H2,1H3,(H,23,25)(H,24,26). The number of aromatic amines is 1. The Kier molecular flexibility index (Phi) is 5.12. The summed E-state index contributed by atoms with van der Waals surface area (Å²) in [7, 11) is 0. The van der Waals surface area contributed by atoms with Crippen molar-refractivity contribution in [2.75, 3.05) is 18.5 Å². The molecule has 1 aliphatic rings. The van der Waals surface area contributed by atoms with Gasteiger partial charge in [0.2, 0.25) is 0 Å². The molecule has 3 aromatic rings. The van der Waals surface area contributed by atoms with Gasteiger partial charge in [-0.1, -0.05) is 12.1 Å². The van der Waals surface area contributed by atoms with E-state index in [0.29, 0.717) is 29.0 Å².